The molecule has 8 heteroatoms. The average Bonchev–Trinajstić information content (AvgIpc) is 3.26. The quantitative estimate of drug-likeness (QED) is 0.688. The number of rotatable bonds is 7. The van der Waals surface area contributed by atoms with Crippen LogP contribution in [0.2, 0.25) is 0 Å². The zero-order chi connectivity index (χ0) is 18.5. The van der Waals surface area contributed by atoms with Crippen molar-refractivity contribution in [2.24, 2.45) is 0 Å². The van der Waals surface area contributed by atoms with Gasteiger partial charge in [-0.2, -0.15) is 9.78 Å². The number of amides is 1. The molecule has 3 rings (SSSR count). The Balaban J connectivity index is 1.86. The number of aromatic nitrogens is 3. The predicted molar refractivity (Wildman–Crippen MR) is 101 cm³/mol. The third-order valence-corrected chi connectivity index (χ3v) is 4.39. The second-order valence-electron chi connectivity index (χ2n) is 5.52. The Hall–Kier alpha value is -2.71. The molecule has 0 atom stereocenters. The van der Waals surface area contributed by atoms with E-state index in [9.17, 15) is 4.79 Å². The molecule has 1 amide bonds. The van der Waals surface area contributed by atoms with E-state index in [1.54, 1.807) is 17.9 Å². The molecule has 2 heterocycles. The summed E-state index contributed by atoms with van der Waals surface area (Å²) in [6.45, 7) is 4.21. The lowest BCUT2D eigenvalue weighted by molar-refractivity contribution is -0.120. The predicted octanol–water partition coefficient (Wildman–Crippen LogP) is 3.29. The molecule has 3 aromatic rings. The van der Waals surface area contributed by atoms with Crippen molar-refractivity contribution in [1.82, 2.24) is 14.8 Å². The fraction of sp³-hybridized carbons (Fsp3) is 0.278. The number of ether oxygens (including phenoxy) is 2. The van der Waals surface area contributed by atoms with Gasteiger partial charge < -0.3 is 14.8 Å². The van der Waals surface area contributed by atoms with Crippen LogP contribution < -0.4 is 10.1 Å². The number of nitrogens with zero attached hydrogens (tertiary/aromatic N) is 3. The summed E-state index contributed by atoms with van der Waals surface area (Å²) in [5.74, 6) is 1.12. The summed E-state index contributed by atoms with van der Waals surface area (Å²) in [4.78, 5) is 16.6. The summed E-state index contributed by atoms with van der Waals surface area (Å²) in [6, 6.07) is 9.51. The number of nitrogens with one attached hydrogen (secondary N) is 1. The van der Waals surface area contributed by atoms with Crippen LogP contribution in [-0.2, 0) is 9.53 Å². The Labute approximate surface area is 155 Å². The first-order valence-electron chi connectivity index (χ1n) is 8.15. The van der Waals surface area contributed by atoms with Crippen LogP contribution in [0.5, 0.6) is 5.75 Å². The van der Waals surface area contributed by atoms with Gasteiger partial charge in [0.1, 0.15) is 18.2 Å². The second kappa shape index (κ2) is 8.11. The minimum absolute atomic E-state index is 0.00760. The highest BCUT2D eigenvalue weighted by atomic mass is 32.1. The lowest BCUT2D eigenvalue weighted by Crippen LogP contribution is -2.20. The van der Waals surface area contributed by atoms with Crippen LogP contribution in [0.4, 0.5) is 5.82 Å². The Bertz CT molecular complexity index is 903. The molecular formula is C18H20N4O3S. The normalized spacial score (nSPS) is 10.7. The summed E-state index contributed by atoms with van der Waals surface area (Å²) in [5, 5.41) is 9.87. The molecule has 0 unspecified atom stereocenters. The van der Waals surface area contributed by atoms with E-state index in [1.807, 2.05) is 43.5 Å². The van der Waals surface area contributed by atoms with Gasteiger partial charge in [0.2, 0.25) is 5.13 Å². The molecule has 0 bridgehead atoms. The molecule has 1 N–H and O–H groups in total. The van der Waals surface area contributed by atoms with Crippen molar-refractivity contribution < 1.29 is 14.3 Å². The Morgan fingerprint density at radius 2 is 2.19 bits per heavy atom. The van der Waals surface area contributed by atoms with E-state index in [2.05, 4.69) is 15.4 Å². The van der Waals surface area contributed by atoms with Crippen molar-refractivity contribution in [3.8, 4) is 22.1 Å². The van der Waals surface area contributed by atoms with E-state index in [1.165, 1.54) is 11.3 Å². The zero-order valence-electron chi connectivity index (χ0n) is 14.9. The lowest BCUT2D eigenvalue weighted by atomic mass is 10.2. The van der Waals surface area contributed by atoms with Gasteiger partial charge in [-0.1, -0.05) is 12.1 Å². The third kappa shape index (κ3) is 4.09. The van der Waals surface area contributed by atoms with Crippen molar-refractivity contribution >= 4 is 23.1 Å². The first kappa shape index (κ1) is 18.1. The SMILES string of the molecule is CCOCC(=O)Nc1cc(C)nn1-c1nc(-c2cccc(OC)c2)cs1. The Kier molecular flexibility index (Phi) is 5.65. The smallest absolute Gasteiger partial charge is 0.251 e. The number of aryl methyl sites for hydroxylation is 1. The van der Waals surface area contributed by atoms with Crippen molar-refractivity contribution in [2.75, 3.05) is 25.6 Å². The molecule has 0 aliphatic rings. The fourth-order valence-corrected chi connectivity index (χ4v) is 3.18. The summed E-state index contributed by atoms with van der Waals surface area (Å²) in [5.41, 5.74) is 2.57. The molecule has 0 aliphatic carbocycles. The highest BCUT2D eigenvalue weighted by Gasteiger charge is 2.14. The van der Waals surface area contributed by atoms with Crippen molar-refractivity contribution in [1.29, 1.82) is 0 Å². The van der Waals surface area contributed by atoms with Gasteiger partial charge in [0.05, 0.1) is 18.5 Å². The van der Waals surface area contributed by atoms with Crippen LogP contribution in [0.1, 0.15) is 12.6 Å². The summed E-state index contributed by atoms with van der Waals surface area (Å²) >= 11 is 1.45. The van der Waals surface area contributed by atoms with E-state index in [4.69, 9.17) is 9.47 Å². The van der Waals surface area contributed by atoms with E-state index < -0.39 is 0 Å². The van der Waals surface area contributed by atoms with E-state index in [-0.39, 0.29) is 12.5 Å². The fourth-order valence-electron chi connectivity index (χ4n) is 2.38. The van der Waals surface area contributed by atoms with Gasteiger partial charge in [-0.25, -0.2) is 4.98 Å². The summed E-state index contributed by atoms with van der Waals surface area (Å²) < 4.78 is 12.0. The average molecular weight is 372 g/mol. The topological polar surface area (TPSA) is 78.3 Å². The van der Waals surface area contributed by atoms with Crippen LogP contribution in [0.15, 0.2) is 35.7 Å². The summed E-state index contributed by atoms with van der Waals surface area (Å²) in [6.07, 6.45) is 0. The highest BCUT2D eigenvalue weighted by Crippen LogP contribution is 2.28. The molecule has 26 heavy (non-hydrogen) atoms. The molecule has 0 fully saturated rings. The van der Waals surface area contributed by atoms with Crippen LogP contribution >= 0.6 is 11.3 Å². The van der Waals surface area contributed by atoms with Crippen LogP contribution in [0.3, 0.4) is 0 Å². The van der Waals surface area contributed by atoms with Gasteiger partial charge in [0, 0.05) is 23.6 Å². The zero-order valence-corrected chi connectivity index (χ0v) is 15.7. The van der Waals surface area contributed by atoms with E-state index in [0.717, 1.165) is 22.7 Å². The third-order valence-electron chi connectivity index (χ3n) is 3.58. The summed E-state index contributed by atoms with van der Waals surface area (Å²) in [7, 11) is 1.63. The van der Waals surface area contributed by atoms with Crippen molar-refractivity contribution in [2.45, 2.75) is 13.8 Å². The highest BCUT2D eigenvalue weighted by molar-refractivity contribution is 7.12. The molecule has 136 valence electrons. The minimum atomic E-state index is -0.224. The van der Waals surface area contributed by atoms with Gasteiger partial charge >= 0.3 is 0 Å². The van der Waals surface area contributed by atoms with Gasteiger partial charge in [0.15, 0.2) is 0 Å². The van der Waals surface area contributed by atoms with E-state index >= 15 is 0 Å². The molecule has 7 nitrogen and oxygen atoms in total. The lowest BCUT2D eigenvalue weighted by Gasteiger charge is -2.06. The van der Waals surface area contributed by atoms with Crippen molar-refractivity contribution in [3.63, 3.8) is 0 Å². The number of carbonyl (C=O) groups is 1. The number of hydrogen-bond acceptors (Lipinski definition) is 6. The molecule has 0 saturated heterocycles. The molecule has 0 radical (unpaired) electrons. The number of anilines is 1. The number of carbonyl (C=O) groups excluding carboxylic acids is 1. The van der Waals surface area contributed by atoms with Crippen LogP contribution in [-0.4, -0.2) is 41.0 Å². The molecule has 0 aliphatic heterocycles. The number of hydrogen-bond donors (Lipinski definition) is 1. The maximum Gasteiger partial charge on any atom is 0.251 e. The monoisotopic (exact) mass is 372 g/mol. The van der Waals surface area contributed by atoms with Gasteiger partial charge in [-0.15, -0.1) is 11.3 Å². The maximum absolute atomic E-state index is 12.0. The number of thiazole rings is 1. The maximum atomic E-state index is 12.0. The van der Waals surface area contributed by atoms with Gasteiger partial charge in [0.25, 0.3) is 5.91 Å². The van der Waals surface area contributed by atoms with Gasteiger partial charge in [-0.05, 0) is 26.0 Å². The minimum Gasteiger partial charge on any atom is -0.497 e. The molecular weight excluding hydrogens is 352 g/mol. The molecule has 0 saturated carbocycles. The molecule has 2 aromatic heterocycles. The van der Waals surface area contributed by atoms with Crippen LogP contribution in [0, 0.1) is 6.92 Å². The largest absolute Gasteiger partial charge is 0.497 e. The molecule has 0 spiro atoms. The Morgan fingerprint density at radius 1 is 1.35 bits per heavy atom. The van der Waals surface area contributed by atoms with E-state index in [0.29, 0.717) is 17.6 Å². The van der Waals surface area contributed by atoms with Gasteiger partial charge in [-0.3, -0.25) is 4.79 Å². The molecule has 1 aromatic carbocycles. The number of methoxy groups -OCH3 is 1. The Morgan fingerprint density at radius 3 is 2.96 bits per heavy atom. The van der Waals surface area contributed by atoms with Crippen molar-refractivity contribution in [3.05, 3.63) is 41.4 Å². The first-order chi connectivity index (χ1) is 12.6. The van der Waals surface area contributed by atoms with Crippen LogP contribution in [0.25, 0.3) is 16.4 Å². The second-order valence-corrected chi connectivity index (χ2v) is 6.35. The first-order valence-corrected chi connectivity index (χ1v) is 9.03. The number of benzene rings is 1. The standard InChI is InChI=1S/C18H20N4O3S/c1-4-25-10-17(23)20-16-8-12(2)21-22(16)18-19-15(11-26-18)13-6-5-7-14(9-13)24-3/h5-9,11H,4,10H2,1-3H3,(H,20,23).